The molecule has 0 amide bonds. The van der Waals surface area contributed by atoms with Crippen LogP contribution in [-0.4, -0.2) is 57.8 Å². The first kappa shape index (κ1) is 15.9. The number of likely N-dealkylation sites (tertiary alicyclic amines) is 1. The number of ether oxygens (including phenoxy) is 4. The van der Waals surface area contributed by atoms with Gasteiger partial charge in [0.25, 0.3) is 0 Å². The lowest BCUT2D eigenvalue weighted by Crippen LogP contribution is -2.49. The van der Waals surface area contributed by atoms with Gasteiger partial charge in [-0.3, -0.25) is 0 Å². The van der Waals surface area contributed by atoms with Crippen LogP contribution in [-0.2, 0) is 14.9 Å². The largest absolute Gasteiger partial charge is 0.493 e. The fourth-order valence-corrected chi connectivity index (χ4v) is 4.47. The van der Waals surface area contributed by atoms with Crippen LogP contribution in [0.15, 0.2) is 30.4 Å². The molecule has 2 saturated heterocycles. The van der Waals surface area contributed by atoms with Crippen molar-refractivity contribution in [1.29, 1.82) is 0 Å². The van der Waals surface area contributed by atoms with Crippen LogP contribution in [0.3, 0.4) is 0 Å². The fourth-order valence-electron chi connectivity index (χ4n) is 4.47. The number of hydrogen-bond acceptors (Lipinski definition) is 5. The Balaban J connectivity index is 1.77. The zero-order valence-electron chi connectivity index (χ0n) is 14.6. The minimum absolute atomic E-state index is 0.0329. The molecule has 0 saturated carbocycles. The zero-order valence-corrected chi connectivity index (χ0v) is 14.6. The van der Waals surface area contributed by atoms with Crippen LogP contribution >= 0.6 is 0 Å². The highest BCUT2D eigenvalue weighted by atomic mass is 16.7. The van der Waals surface area contributed by atoms with Crippen molar-refractivity contribution < 1.29 is 18.9 Å². The second-order valence-corrected chi connectivity index (χ2v) is 6.90. The molecule has 2 atom stereocenters. The van der Waals surface area contributed by atoms with E-state index >= 15 is 0 Å². The summed E-state index contributed by atoms with van der Waals surface area (Å²) in [5.41, 5.74) is 1.23. The Morgan fingerprint density at radius 1 is 1.08 bits per heavy atom. The molecule has 2 fully saturated rings. The Bertz CT molecular complexity index is 653. The number of methoxy groups -OCH3 is 2. The van der Waals surface area contributed by atoms with Gasteiger partial charge in [0, 0.05) is 17.9 Å². The molecular weight excluding hydrogens is 306 g/mol. The van der Waals surface area contributed by atoms with Crippen molar-refractivity contribution in [2.75, 3.05) is 41.0 Å². The van der Waals surface area contributed by atoms with Crippen LogP contribution in [0.2, 0.25) is 0 Å². The van der Waals surface area contributed by atoms with Gasteiger partial charge in [-0.1, -0.05) is 12.1 Å². The molecule has 130 valence electrons. The maximum Gasteiger partial charge on any atom is 0.189 e. The van der Waals surface area contributed by atoms with Gasteiger partial charge in [-0.2, -0.15) is 0 Å². The summed E-state index contributed by atoms with van der Waals surface area (Å²) in [7, 11) is 5.54. The lowest BCUT2D eigenvalue weighted by molar-refractivity contribution is -0.138. The molecule has 1 aromatic rings. The summed E-state index contributed by atoms with van der Waals surface area (Å²) in [5, 5.41) is 0. The van der Waals surface area contributed by atoms with E-state index in [2.05, 4.69) is 36.2 Å². The summed E-state index contributed by atoms with van der Waals surface area (Å²) in [6, 6.07) is 6.62. The summed E-state index contributed by atoms with van der Waals surface area (Å²) in [4.78, 5) is 2.42. The van der Waals surface area contributed by atoms with Crippen LogP contribution in [0.4, 0.5) is 0 Å². The van der Waals surface area contributed by atoms with Gasteiger partial charge in [-0.15, -0.1) is 0 Å². The molecule has 5 nitrogen and oxygen atoms in total. The molecule has 0 aromatic heterocycles. The first-order valence-electron chi connectivity index (χ1n) is 8.53. The third-order valence-electron chi connectivity index (χ3n) is 5.81. The Kier molecular flexibility index (Phi) is 3.82. The monoisotopic (exact) mass is 331 g/mol. The van der Waals surface area contributed by atoms with E-state index in [0.717, 1.165) is 30.9 Å². The Morgan fingerprint density at radius 3 is 2.54 bits per heavy atom. The molecule has 2 unspecified atom stereocenters. The van der Waals surface area contributed by atoms with Crippen molar-refractivity contribution in [2.45, 2.75) is 30.1 Å². The van der Waals surface area contributed by atoms with Crippen LogP contribution in [0.25, 0.3) is 0 Å². The number of nitrogens with zero attached hydrogens (tertiary/aromatic N) is 1. The van der Waals surface area contributed by atoms with Gasteiger partial charge in [0.1, 0.15) is 0 Å². The van der Waals surface area contributed by atoms with Gasteiger partial charge >= 0.3 is 0 Å². The van der Waals surface area contributed by atoms with Gasteiger partial charge in [0.15, 0.2) is 17.3 Å². The molecular formula is C19H25NO4. The van der Waals surface area contributed by atoms with Crippen LogP contribution in [0, 0.1) is 0 Å². The molecule has 24 heavy (non-hydrogen) atoms. The van der Waals surface area contributed by atoms with Crippen molar-refractivity contribution in [2.24, 2.45) is 0 Å². The summed E-state index contributed by atoms with van der Waals surface area (Å²) < 4.78 is 22.8. The quantitative estimate of drug-likeness (QED) is 0.795. The highest BCUT2D eigenvalue weighted by Gasteiger charge is 2.53. The van der Waals surface area contributed by atoms with Gasteiger partial charge in [0.05, 0.1) is 27.4 Å². The molecule has 1 aromatic carbocycles. The topological polar surface area (TPSA) is 40.2 Å². The molecule has 2 heterocycles. The minimum Gasteiger partial charge on any atom is -0.493 e. The van der Waals surface area contributed by atoms with Crippen LogP contribution < -0.4 is 9.47 Å². The van der Waals surface area contributed by atoms with Crippen molar-refractivity contribution in [3.8, 4) is 11.5 Å². The Labute approximate surface area is 143 Å². The zero-order chi connectivity index (χ0) is 16.8. The van der Waals surface area contributed by atoms with Crippen LogP contribution in [0.5, 0.6) is 11.5 Å². The van der Waals surface area contributed by atoms with Crippen molar-refractivity contribution >= 4 is 0 Å². The summed E-state index contributed by atoms with van der Waals surface area (Å²) in [6.07, 6.45) is 6.37. The SMILES string of the molecule is COc1ccc(C23C=CC4(CC2N(C)CC3)OCCO4)cc1OC. The number of rotatable bonds is 3. The van der Waals surface area contributed by atoms with E-state index in [-0.39, 0.29) is 5.41 Å². The predicted octanol–water partition coefficient (Wildman–Crippen LogP) is 2.35. The molecule has 2 aliphatic heterocycles. The second kappa shape index (κ2) is 5.76. The first-order valence-corrected chi connectivity index (χ1v) is 8.53. The van der Waals surface area contributed by atoms with Gasteiger partial charge in [-0.25, -0.2) is 0 Å². The first-order chi connectivity index (χ1) is 11.6. The van der Waals surface area contributed by atoms with Crippen molar-refractivity contribution in [1.82, 2.24) is 4.90 Å². The Morgan fingerprint density at radius 2 is 1.83 bits per heavy atom. The minimum atomic E-state index is -0.538. The van der Waals surface area contributed by atoms with Crippen molar-refractivity contribution in [3.63, 3.8) is 0 Å². The molecule has 5 heteroatoms. The second-order valence-electron chi connectivity index (χ2n) is 6.90. The Hall–Kier alpha value is -1.56. The molecule has 3 aliphatic rings. The van der Waals surface area contributed by atoms with Crippen molar-refractivity contribution in [3.05, 3.63) is 35.9 Å². The predicted molar refractivity (Wildman–Crippen MR) is 90.7 cm³/mol. The van der Waals surface area contributed by atoms with E-state index in [1.165, 1.54) is 5.56 Å². The van der Waals surface area contributed by atoms with E-state index < -0.39 is 5.79 Å². The summed E-state index contributed by atoms with van der Waals surface area (Å²) in [6.45, 7) is 2.40. The van der Waals surface area contributed by atoms with E-state index in [0.29, 0.717) is 19.3 Å². The molecule has 0 bridgehead atoms. The number of fused-ring (bicyclic) bond motifs is 1. The fraction of sp³-hybridized carbons (Fsp3) is 0.579. The number of benzene rings is 1. The average molecular weight is 331 g/mol. The average Bonchev–Trinajstić information content (AvgIpc) is 3.21. The lowest BCUT2D eigenvalue weighted by Gasteiger charge is -2.43. The highest BCUT2D eigenvalue weighted by Crippen LogP contribution is 2.50. The van der Waals surface area contributed by atoms with E-state index in [1.54, 1.807) is 14.2 Å². The van der Waals surface area contributed by atoms with Gasteiger partial charge in [-0.05, 0) is 43.8 Å². The van der Waals surface area contributed by atoms with E-state index in [1.807, 2.05) is 6.07 Å². The lowest BCUT2D eigenvalue weighted by atomic mass is 9.68. The van der Waals surface area contributed by atoms with Gasteiger partial charge < -0.3 is 23.8 Å². The van der Waals surface area contributed by atoms with E-state index in [4.69, 9.17) is 18.9 Å². The van der Waals surface area contributed by atoms with Gasteiger partial charge in [0.2, 0.25) is 0 Å². The third kappa shape index (κ3) is 2.26. The molecule has 4 rings (SSSR count). The molecule has 1 aliphatic carbocycles. The van der Waals surface area contributed by atoms with E-state index in [9.17, 15) is 0 Å². The molecule has 0 radical (unpaired) electrons. The maximum atomic E-state index is 5.92. The summed E-state index contributed by atoms with van der Waals surface area (Å²) in [5.74, 6) is 1.00. The standard InChI is InChI=1S/C19H25NO4/c1-20-9-8-18(14-4-5-15(21-2)16(12-14)22-3)6-7-19(13-17(18)20)23-10-11-24-19/h4-7,12,17H,8-11,13H2,1-3H3. The number of hydrogen-bond donors (Lipinski definition) is 0. The van der Waals surface area contributed by atoms with Crippen LogP contribution in [0.1, 0.15) is 18.4 Å². The highest BCUT2D eigenvalue weighted by molar-refractivity contribution is 5.49. The summed E-state index contributed by atoms with van der Waals surface area (Å²) >= 11 is 0. The normalized spacial score (nSPS) is 31.4. The smallest absolute Gasteiger partial charge is 0.189 e. The molecule has 0 N–H and O–H groups in total. The molecule has 1 spiro atoms. The number of likely N-dealkylation sites (N-methyl/N-ethyl adjacent to an activating group) is 1. The third-order valence-corrected chi connectivity index (χ3v) is 5.81. The maximum absolute atomic E-state index is 5.92.